The molecule has 10 heteroatoms. The Kier molecular flexibility index (Phi) is 7.28. The Bertz CT molecular complexity index is 1590. The molecule has 0 saturated heterocycles. The van der Waals surface area contributed by atoms with Crippen LogP contribution in [0, 0.1) is 11.6 Å². The van der Waals surface area contributed by atoms with Gasteiger partial charge in [0.1, 0.15) is 18.0 Å². The summed E-state index contributed by atoms with van der Waals surface area (Å²) in [6.45, 7) is 0. The molecule has 0 radical (unpaired) electrons. The predicted octanol–water partition coefficient (Wildman–Crippen LogP) is 5.60. The molecule has 0 aliphatic carbocycles. The van der Waals surface area contributed by atoms with Crippen LogP contribution >= 0.6 is 11.6 Å². The number of aromatic amines is 1. The summed E-state index contributed by atoms with van der Waals surface area (Å²) in [6, 6.07) is 13.2. The molecule has 0 aliphatic rings. The summed E-state index contributed by atoms with van der Waals surface area (Å²) in [7, 11) is 1.52. The lowest BCUT2D eigenvalue weighted by atomic mass is 9.96. The second kappa shape index (κ2) is 10.9. The Morgan fingerprint density at radius 3 is 2.61 bits per heavy atom. The summed E-state index contributed by atoms with van der Waals surface area (Å²) in [6.07, 6.45) is 4.83. The number of fused-ring (bicyclic) bond motifs is 1. The number of hydrogen-bond donors (Lipinski definition) is 2. The van der Waals surface area contributed by atoms with Gasteiger partial charge >= 0.3 is 0 Å². The number of H-pyrrole nitrogens is 1. The number of hydrogen-bond acceptors (Lipinski definition) is 5. The van der Waals surface area contributed by atoms with Crippen molar-refractivity contribution in [2.24, 2.45) is 0 Å². The molecular weight excluding hydrogens is 512 g/mol. The number of pyridine rings is 1. The van der Waals surface area contributed by atoms with Crippen molar-refractivity contribution < 1.29 is 18.3 Å². The number of halogens is 3. The number of benzene rings is 2. The van der Waals surface area contributed by atoms with Gasteiger partial charge in [0.15, 0.2) is 0 Å². The first-order chi connectivity index (χ1) is 18.4. The van der Waals surface area contributed by atoms with Crippen LogP contribution in [-0.2, 0) is 17.6 Å². The number of amides is 1. The number of aromatic nitrogens is 4. The van der Waals surface area contributed by atoms with Gasteiger partial charge in [-0.25, -0.2) is 23.7 Å². The van der Waals surface area contributed by atoms with Gasteiger partial charge in [-0.1, -0.05) is 23.7 Å². The maximum absolute atomic E-state index is 14.0. The third kappa shape index (κ3) is 5.63. The van der Waals surface area contributed by atoms with Crippen molar-refractivity contribution >= 4 is 28.5 Å². The summed E-state index contributed by atoms with van der Waals surface area (Å²) in [5, 5.41) is 3.57. The van der Waals surface area contributed by atoms with Crippen molar-refractivity contribution in [2.45, 2.75) is 18.9 Å². The molecule has 0 unspecified atom stereocenters. The molecule has 5 aromatic rings. The molecule has 192 valence electrons. The minimum absolute atomic E-state index is 0.00947. The summed E-state index contributed by atoms with van der Waals surface area (Å²) in [4.78, 5) is 29.5. The minimum Gasteiger partial charge on any atom is -0.481 e. The highest BCUT2D eigenvalue weighted by Crippen LogP contribution is 2.30. The van der Waals surface area contributed by atoms with Gasteiger partial charge < -0.3 is 15.0 Å². The molecule has 0 saturated carbocycles. The lowest BCUT2D eigenvalue weighted by Gasteiger charge is -2.21. The normalized spacial score (nSPS) is 11.9. The Labute approximate surface area is 221 Å². The van der Waals surface area contributed by atoms with Crippen molar-refractivity contribution in [1.29, 1.82) is 0 Å². The molecule has 5 rings (SSSR count). The van der Waals surface area contributed by atoms with Crippen LogP contribution in [-0.4, -0.2) is 33.0 Å². The van der Waals surface area contributed by atoms with E-state index in [-0.39, 0.29) is 18.7 Å². The van der Waals surface area contributed by atoms with Crippen LogP contribution in [0.1, 0.15) is 22.9 Å². The molecule has 0 bridgehead atoms. The van der Waals surface area contributed by atoms with Crippen LogP contribution in [0.25, 0.3) is 22.2 Å². The molecular formula is C28H22ClF2N5O2. The number of ether oxygens (including phenoxy) is 1. The number of methoxy groups -OCH3 is 1. The first-order valence-electron chi connectivity index (χ1n) is 11.7. The highest BCUT2D eigenvalue weighted by Gasteiger charge is 2.23. The van der Waals surface area contributed by atoms with Gasteiger partial charge in [-0.3, -0.25) is 4.79 Å². The first kappa shape index (κ1) is 25.3. The van der Waals surface area contributed by atoms with E-state index in [1.807, 2.05) is 18.2 Å². The predicted molar refractivity (Wildman–Crippen MR) is 140 cm³/mol. The average Bonchev–Trinajstić information content (AvgIpc) is 3.29. The molecule has 3 aromatic heterocycles. The Morgan fingerprint density at radius 2 is 1.87 bits per heavy atom. The largest absolute Gasteiger partial charge is 0.481 e. The summed E-state index contributed by atoms with van der Waals surface area (Å²) in [5.74, 6) is -1.30. The molecule has 3 heterocycles. The fourth-order valence-corrected chi connectivity index (χ4v) is 4.48. The summed E-state index contributed by atoms with van der Waals surface area (Å²) >= 11 is 6.06. The summed E-state index contributed by atoms with van der Waals surface area (Å²) < 4.78 is 33.2. The zero-order valence-electron chi connectivity index (χ0n) is 20.2. The molecule has 2 N–H and O–H groups in total. The molecule has 1 atom stereocenters. The monoisotopic (exact) mass is 533 g/mol. The average molecular weight is 534 g/mol. The van der Waals surface area contributed by atoms with E-state index in [9.17, 15) is 13.6 Å². The number of nitrogens with one attached hydrogen (secondary N) is 2. The minimum atomic E-state index is -0.718. The lowest BCUT2D eigenvalue weighted by molar-refractivity contribution is -0.121. The van der Waals surface area contributed by atoms with Crippen molar-refractivity contribution in [3.8, 4) is 17.0 Å². The van der Waals surface area contributed by atoms with Crippen LogP contribution in [0.2, 0.25) is 5.02 Å². The maximum atomic E-state index is 14.0. The highest BCUT2D eigenvalue weighted by molar-refractivity contribution is 6.30. The van der Waals surface area contributed by atoms with Crippen LogP contribution in [0.5, 0.6) is 5.88 Å². The van der Waals surface area contributed by atoms with Crippen LogP contribution in [0.3, 0.4) is 0 Å². The summed E-state index contributed by atoms with van der Waals surface area (Å²) in [5.41, 5.74) is 4.36. The SMILES string of the molecule is COc1ccc2[nH]cc(CC(=O)N[C@@H](Cc3cc(F)cc(F)c3)c3ncncc3-c3ccc(Cl)cc3)c2n1. The molecule has 7 nitrogen and oxygen atoms in total. The van der Waals surface area contributed by atoms with Gasteiger partial charge in [0.05, 0.1) is 36.3 Å². The Balaban J connectivity index is 1.49. The third-order valence-electron chi connectivity index (χ3n) is 6.06. The van der Waals surface area contributed by atoms with Crippen LogP contribution < -0.4 is 10.1 Å². The van der Waals surface area contributed by atoms with Crippen molar-refractivity contribution in [3.63, 3.8) is 0 Å². The second-order valence-electron chi connectivity index (χ2n) is 8.67. The van der Waals surface area contributed by atoms with E-state index >= 15 is 0 Å². The molecule has 2 aromatic carbocycles. The number of rotatable bonds is 8. The topological polar surface area (TPSA) is 92.8 Å². The quantitative estimate of drug-likeness (QED) is 0.271. The molecule has 0 spiro atoms. The maximum Gasteiger partial charge on any atom is 0.225 e. The van der Waals surface area contributed by atoms with Gasteiger partial charge in [-0.05, 0) is 47.9 Å². The van der Waals surface area contributed by atoms with E-state index in [0.29, 0.717) is 38.8 Å². The molecule has 0 aliphatic heterocycles. The van der Waals surface area contributed by atoms with E-state index in [2.05, 4.69) is 25.3 Å². The second-order valence-corrected chi connectivity index (χ2v) is 9.11. The molecule has 0 fully saturated rings. The van der Waals surface area contributed by atoms with E-state index < -0.39 is 17.7 Å². The van der Waals surface area contributed by atoms with E-state index in [4.69, 9.17) is 16.3 Å². The Hall–Kier alpha value is -4.37. The van der Waals surface area contributed by atoms with Gasteiger partial charge in [-0.2, -0.15) is 0 Å². The highest BCUT2D eigenvalue weighted by atomic mass is 35.5. The van der Waals surface area contributed by atoms with Gasteiger partial charge in [-0.15, -0.1) is 0 Å². The van der Waals surface area contributed by atoms with Gasteiger partial charge in [0, 0.05) is 40.7 Å². The number of carbonyl (C=O) groups excluding carboxylic acids is 1. The number of nitrogens with zero attached hydrogens (tertiary/aromatic N) is 3. The van der Waals surface area contributed by atoms with Gasteiger partial charge in [0.25, 0.3) is 0 Å². The molecule has 38 heavy (non-hydrogen) atoms. The van der Waals surface area contributed by atoms with Crippen molar-refractivity contribution in [2.75, 3.05) is 7.11 Å². The van der Waals surface area contributed by atoms with Crippen molar-refractivity contribution in [3.05, 3.63) is 107 Å². The van der Waals surface area contributed by atoms with Crippen LogP contribution in [0.4, 0.5) is 8.78 Å². The lowest BCUT2D eigenvalue weighted by Crippen LogP contribution is -2.32. The molecule has 1 amide bonds. The first-order valence-corrected chi connectivity index (χ1v) is 12.1. The van der Waals surface area contributed by atoms with Crippen molar-refractivity contribution in [1.82, 2.24) is 25.3 Å². The smallest absolute Gasteiger partial charge is 0.225 e. The fourth-order valence-electron chi connectivity index (χ4n) is 4.35. The van der Waals surface area contributed by atoms with Gasteiger partial charge in [0.2, 0.25) is 11.8 Å². The third-order valence-corrected chi connectivity index (χ3v) is 6.31. The zero-order chi connectivity index (χ0) is 26.6. The van der Waals surface area contributed by atoms with E-state index in [1.165, 1.54) is 25.6 Å². The number of carbonyl (C=O) groups is 1. The van der Waals surface area contributed by atoms with Crippen LogP contribution in [0.15, 0.2) is 73.3 Å². The fraction of sp³-hybridized carbons (Fsp3) is 0.143. The van der Waals surface area contributed by atoms with E-state index in [1.54, 1.807) is 30.6 Å². The standard InChI is InChI=1S/C28H22ClF2N5O2/c1-38-26-7-6-23-27(36-26)18(13-33-23)11-25(37)35-24(10-16-8-20(30)12-21(31)9-16)28-22(14-32-15-34-28)17-2-4-19(29)5-3-17/h2-9,12-15,24,33H,10-11H2,1H3,(H,35,37)/t24-/m0/s1. The zero-order valence-corrected chi connectivity index (χ0v) is 21.0. The van der Waals surface area contributed by atoms with E-state index in [0.717, 1.165) is 17.1 Å². The Morgan fingerprint density at radius 1 is 1.11 bits per heavy atom.